The summed E-state index contributed by atoms with van der Waals surface area (Å²) >= 11 is 1.68. The Bertz CT molecular complexity index is 1070. The molecule has 0 spiro atoms. The average Bonchev–Trinajstić information content (AvgIpc) is 3.46. The van der Waals surface area contributed by atoms with Crippen molar-refractivity contribution in [2.45, 2.75) is 32.7 Å². The quantitative estimate of drug-likeness (QED) is 0.422. The Kier molecular flexibility index (Phi) is 7.17. The lowest BCUT2D eigenvalue weighted by Crippen LogP contribution is -2.37. The second-order valence-electron chi connectivity index (χ2n) is 7.93. The second kappa shape index (κ2) is 10.4. The highest BCUT2D eigenvalue weighted by atomic mass is 32.1. The number of benzene rings is 2. The van der Waals surface area contributed by atoms with Gasteiger partial charge in [-0.3, -0.25) is 9.79 Å². The van der Waals surface area contributed by atoms with Crippen LogP contribution in [-0.2, 0) is 17.8 Å². The Morgan fingerprint density at radius 1 is 1.12 bits per heavy atom. The lowest BCUT2D eigenvalue weighted by Gasteiger charge is -2.16. The maximum atomic E-state index is 11.9. The van der Waals surface area contributed by atoms with Crippen molar-refractivity contribution in [1.29, 1.82) is 0 Å². The molecule has 1 aliphatic rings. The fraction of sp³-hybridized carbons (Fsp3) is 0.320. The van der Waals surface area contributed by atoms with Crippen molar-refractivity contribution in [3.05, 3.63) is 70.7 Å². The van der Waals surface area contributed by atoms with Crippen molar-refractivity contribution >= 4 is 28.9 Å². The van der Waals surface area contributed by atoms with E-state index in [0.29, 0.717) is 13.0 Å². The molecule has 0 bridgehead atoms. The van der Waals surface area contributed by atoms with E-state index in [4.69, 9.17) is 4.98 Å². The summed E-state index contributed by atoms with van der Waals surface area (Å²) in [5.74, 6) is 0.976. The van der Waals surface area contributed by atoms with Gasteiger partial charge in [-0.05, 0) is 31.0 Å². The van der Waals surface area contributed by atoms with Crippen LogP contribution in [0.2, 0.25) is 0 Å². The van der Waals surface area contributed by atoms with Gasteiger partial charge >= 0.3 is 0 Å². The van der Waals surface area contributed by atoms with Gasteiger partial charge in [0.1, 0.15) is 5.01 Å². The number of aliphatic imine (C=N–C) groups is 1. The van der Waals surface area contributed by atoms with E-state index in [1.807, 2.05) is 17.0 Å². The summed E-state index contributed by atoms with van der Waals surface area (Å²) in [6, 6.07) is 16.6. The molecule has 0 saturated carbocycles. The molecule has 2 N–H and O–H groups in total. The fourth-order valence-corrected chi connectivity index (χ4v) is 4.54. The number of hydrogen-bond donors (Lipinski definition) is 2. The molecule has 32 heavy (non-hydrogen) atoms. The number of aromatic nitrogens is 1. The smallest absolute Gasteiger partial charge is 0.227 e. The molecular formula is C25H29N5OS. The van der Waals surface area contributed by atoms with Crippen LogP contribution in [0.3, 0.4) is 0 Å². The molecule has 0 aliphatic carbocycles. The van der Waals surface area contributed by atoms with Crippen LogP contribution >= 0.6 is 11.3 Å². The van der Waals surface area contributed by atoms with Gasteiger partial charge in [-0.25, -0.2) is 4.98 Å². The molecule has 7 heteroatoms. The molecule has 0 radical (unpaired) electrons. The molecule has 0 atom stereocenters. The predicted octanol–water partition coefficient (Wildman–Crippen LogP) is 4.15. The molecule has 3 aromatic rings. The van der Waals surface area contributed by atoms with Gasteiger partial charge in [0.2, 0.25) is 5.91 Å². The zero-order chi connectivity index (χ0) is 22.3. The van der Waals surface area contributed by atoms with Crippen molar-refractivity contribution in [3.63, 3.8) is 0 Å². The van der Waals surface area contributed by atoms with Gasteiger partial charge in [0.25, 0.3) is 0 Å². The highest BCUT2D eigenvalue weighted by Gasteiger charge is 2.21. The monoisotopic (exact) mass is 447 g/mol. The highest BCUT2D eigenvalue weighted by molar-refractivity contribution is 7.13. The number of hydrogen-bond acceptors (Lipinski definition) is 4. The largest absolute Gasteiger partial charge is 0.356 e. The minimum absolute atomic E-state index is 0.214. The number of carbonyl (C=O) groups excluding carboxylic acids is 1. The van der Waals surface area contributed by atoms with Crippen LogP contribution in [0.25, 0.3) is 10.6 Å². The molecule has 6 nitrogen and oxygen atoms in total. The minimum Gasteiger partial charge on any atom is -0.356 e. The maximum Gasteiger partial charge on any atom is 0.227 e. The first-order valence-corrected chi connectivity index (χ1v) is 11.9. The third-order valence-corrected chi connectivity index (χ3v) is 6.47. The number of nitrogens with one attached hydrogen (secondary N) is 2. The molecule has 166 valence electrons. The first-order chi connectivity index (χ1) is 15.6. The van der Waals surface area contributed by atoms with E-state index in [-0.39, 0.29) is 5.91 Å². The molecule has 1 fully saturated rings. The second-order valence-corrected chi connectivity index (χ2v) is 8.79. The third kappa shape index (κ3) is 5.53. The van der Waals surface area contributed by atoms with E-state index in [1.54, 1.807) is 18.4 Å². The van der Waals surface area contributed by atoms with Crippen LogP contribution in [0.15, 0.2) is 58.9 Å². The number of rotatable bonds is 7. The van der Waals surface area contributed by atoms with Crippen molar-refractivity contribution in [2.75, 3.05) is 25.0 Å². The van der Waals surface area contributed by atoms with Gasteiger partial charge in [-0.1, -0.05) is 42.0 Å². The zero-order valence-corrected chi connectivity index (χ0v) is 19.4. The Morgan fingerprint density at radius 3 is 2.59 bits per heavy atom. The predicted molar refractivity (Wildman–Crippen MR) is 132 cm³/mol. The van der Waals surface area contributed by atoms with E-state index in [2.05, 4.69) is 64.3 Å². The summed E-state index contributed by atoms with van der Waals surface area (Å²) in [5.41, 5.74) is 5.63. The fourth-order valence-electron chi connectivity index (χ4n) is 3.68. The Labute approximate surface area is 193 Å². The van der Waals surface area contributed by atoms with E-state index < -0.39 is 0 Å². The number of thiazole rings is 1. The number of amides is 1. The number of aryl methyl sites for hydroxylation is 1. The topological polar surface area (TPSA) is 69.6 Å². The van der Waals surface area contributed by atoms with E-state index >= 15 is 0 Å². The van der Waals surface area contributed by atoms with Gasteiger partial charge in [-0.15, -0.1) is 11.3 Å². The molecule has 1 saturated heterocycles. The van der Waals surface area contributed by atoms with Gasteiger partial charge in [0.05, 0.1) is 5.69 Å². The van der Waals surface area contributed by atoms with Crippen LogP contribution in [0, 0.1) is 6.92 Å². The number of anilines is 1. The number of guanidine groups is 1. The number of nitrogens with zero attached hydrogens (tertiary/aromatic N) is 3. The van der Waals surface area contributed by atoms with Gasteiger partial charge in [-0.2, -0.15) is 0 Å². The van der Waals surface area contributed by atoms with Gasteiger partial charge in [0.15, 0.2) is 5.96 Å². The van der Waals surface area contributed by atoms with Crippen molar-refractivity contribution in [1.82, 2.24) is 15.6 Å². The zero-order valence-electron chi connectivity index (χ0n) is 18.6. The van der Waals surface area contributed by atoms with Crippen LogP contribution in [0.5, 0.6) is 0 Å². The third-order valence-electron chi connectivity index (χ3n) is 5.53. The van der Waals surface area contributed by atoms with Crippen molar-refractivity contribution in [2.24, 2.45) is 4.99 Å². The van der Waals surface area contributed by atoms with E-state index in [1.165, 1.54) is 5.56 Å². The van der Waals surface area contributed by atoms with Gasteiger partial charge in [0, 0.05) is 56.2 Å². The average molecular weight is 448 g/mol. The molecule has 0 unspecified atom stereocenters. The molecule has 1 aromatic heterocycles. The molecular weight excluding hydrogens is 418 g/mol. The SMILES string of the molecule is CN=C(NCCc1csc(-c2ccc(C)cc2)n1)NCc1ccc(N2CCCC2=O)cc1. The van der Waals surface area contributed by atoms with Crippen LogP contribution < -0.4 is 15.5 Å². The van der Waals surface area contributed by atoms with Crippen molar-refractivity contribution < 1.29 is 4.79 Å². The van der Waals surface area contributed by atoms with Crippen LogP contribution in [0.1, 0.15) is 29.7 Å². The molecule has 2 heterocycles. The Hall–Kier alpha value is -3.19. The summed E-state index contributed by atoms with van der Waals surface area (Å²) in [7, 11) is 1.77. The summed E-state index contributed by atoms with van der Waals surface area (Å²) in [6.07, 6.45) is 2.43. The molecule has 1 aliphatic heterocycles. The normalized spacial score (nSPS) is 14.1. The lowest BCUT2D eigenvalue weighted by atomic mass is 10.2. The first-order valence-electron chi connectivity index (χ1n) is 11.0. The molecule has 2 aromatic carbocycles. The van der Waals surface area contributed by atoms with Crippen LogP contribution in [0.4, 0.5) is 5.69 Å². The molecule has 4 rings (SSSR count). The minimum atomic E-state index is 0.214. The van der Waals surface area contributed by atoms with Crippen molar-refractivity contribution in [3.8, 4) is 10.6 Å². The summed E-state index contributed by atoms with van der Waals surface area (Å²) in [4.78, 5) is 22.8. The van der Waals surface area contributed by atoms with E-state index in [0.717, 1.165) is 59.4 Å². The first kappa shape index (κ1) is 22.0. The Morgan fingerprint density at radius 2 is 1.91 bits per heavy atom. The number of carbonyl (C=O) groups is 1. The summed E-state index contributed by atoms with van der Waals surface area (Å²) in [6.45, 7) is 4.34. The summed E-state index contributed by atoms with van der Waals surface area (Å²) in [5, 5.41) is 9.89. The molecule has 1 amide bonds. The maximum absolute atomic E-state index is 11.9. The lowest BCUT2D eigenvalue weighted by molar-refractivity contribution is -0.117. The van der Waals surface area contributed by atoms with E-state index in [9.17, 15) is 4.79 Å². The standard InChI is InChI=1S/C25H29N5OS/c1-18-5-9-20(10-6-18)24-29-21(17-32-24)13-14-27-25(26-2)28-16-19-7-11-22(12-8-19)30-15-3-4-23(30)31/h5-12,17H,3-4,13-16H2,1-2H3,(H2,26,27,28). The Balaban J connectivity index is 1.23. The van der Waals surface area contributed by atoms with Crippen LogP contribution in [-0.4, -0.2) is 37.0 Å². The summed E-state index contributed by atoms with van der Waals surface area (Å²) < 4.78 is 0. The highest BCUT2D eigenvalue weighted by Crippen LogP contribution is 2.24. The van der Waals surface area contributed by atoms with Gasteiger partial charge < -0.3 is 15.5 Å².